The molecule has 4 bridgehead atoms. The van der Waals surface area contributed by atoms with E-state index in [2.05, 4.69) is 13.8 Å². The zero-order chi connectivity index (χ0) is 10.1. The molecule has 0 unspecified atom stereocenters. The summed E-state index contributed by atoms with van der Waals surface area (Å²) >= 11 is 0. The van der Waals surface area contributed by atoms with Crippen LogP contribution in [0.15, 0.2) is 0 Å². The maximum absolute atomic E-state index is 10.2. The maximum Gasteiger partial charge on any atom is 0.0604 e. The second-order valence-electron chi connectivity index (χ2n) is 6.17. The minimum Gasteiger partial charge on any atom is -0.393 e. The van der Waals surface area contributed by atoms with Gasteiger partial charge in [0, 0.05) is 5.41 Å². The Balaban J connectivity index is 2.08. The van der Waals surface area contributed by atoms with Crippen LogP contribution in [0, 0.1) is 22.7 Å². The lowest BCUT2D eigenvalue weighted by Crippen LogP contribution is -2.48. The summed E-state index contributed by atoms with van der Waals surface area (Å²) in [5.41, 5.74) is 0.297. The molecule has 0 amide bonds. The van der Waals surface area contributed by atoms with E-state index >= 15 is 0 Å². The number of hydrogen-bond donors (Lipinski definition) is 2. The van der Waals surface area contributed by atoms with Crippen molar-refractivity contribution < 1.29 is 10.2 Å². The molecule has 0 aliphatic heterocycles. The van der Waals surface area contributed by atoms with Crippen molar-refractivity contribution in [3.05, 3.63) is 0 Å². The Morgan fingerprint density at radius 2 is 1.71 bits per heavy atom. The van der Waals surface area contributed by atoms with E-state index in [-0.39, 0.29) is 23.0 Å². The van der Waals surface area contributed by atoms with Crippen LogP contribution in [0.3, 0.4) is 0 Å². The highest BCUT2D eigenvalue weighted by Gasteiger charge is 2.70. The van der Waals surface area contributed by atoms with Gasteiger partial charge in [0.25, 0.3) is 0 Å². The van der Waals surface area contributed by atoms with Crippen LogP contribution < -0.4 is 0 Å². The molecule has 2 nitrogen and oxygen atoms in total. The minimum absolute atomic E-state index is 0.0941. The summed E-state index contributed by atoms with van der Waals surface area (Å²) in [6.45, 7) is 4.54. The van der Waals surface area contributed by atoms with Crippen LogP contribution in [-0.4, -0.2) is 22.4 Å². The molecule has 0 aromatic rings. The van der Waals surface area contributed by atoms with Crippen LogP contribution in [0.5, 0.6) is 0 Å². The van der Waals surface area contributed by atoms with Crippen molar-refractivity contribution >= 4 is 0 Å². The normalized spacial score (nSPS) is 66.0. The van der Waals surface area contributed by atoms with E-state index in [0.29, 0.717) is 11.8 Å². The highest BCUT2D eigenvalue weighted by atomic mass is 16.3. The molecular formula is C12H20O2. The molecule has 0 saturated heterocycles. The van der Waals surface area contributed by atoms with Crippen molar-refractivity contribution in [1.82, 2.24) is 0 Å². The lowest BCUT2D eigenvalue weighted by Gasteiger charge is -2.49. The highest BCUT2D eigenvalue weighted by Crippen LogP contribution is 2.73. The van der Waals surface area contributed by atoms with Crippen LogP contribution >= 0.6 is 0 Å². The number of aliphatic hydroxyl groups is 2. The average Bonchev–Trinajstić information content (AvgIpc) is 2.35. The second-order valence-corrected chi connectivity index (χ2v) is 6.17. The lowest BCUT2D eigenvalue weighted by molar-refractivity contribution is -0.0921. The Hall–Kier alpha value is -0.0800. The van der Waals surface area contributed by atoms with Gasteiger partial charge in [-0.25, -0.2) is 0 Å². The summed E-state index contributed by atoms with van der Waals surface area (Å²) in [5.74, 6) is 1.22. The summed E-state index contributed by atoms with van der Waals surface area (Å²) in [4.78, 5) is 0. The third kappa shape index (κ3) is 0.737. The van der Waals surface area contributed by atoms with Crippen molar-refractivity contribution in [2.75, 3.05) is 0 Å². The van der Waals surface area contributed by atoms with Gasteiger partial charge < -0.3 is 10.2 Å². The largest absolute Gasteiger partial charge is 0.393 e. The van der Waals surface area contributed by atoms with Crippen LogP contribution in [0.2, 0.25) is 0 Å². The van der Waals surface area contributed by atoms with E-state index in [1.807, 2.05) is 0 Å². The van der Waals surface area contributed by atoms with E-state index < -0.39 is 0 Å². The van der Waals surface area contributed by atoms with Crippen molar-refractivity contribution in [3.63, 3.8) is 0 Å². The second kappa shape index (κ2) is 2.35. The van der Waals surface area contributed by atoms with Crippen molar-refractivity contribution in [3.8, 4) is 0 Å². The zero-order valence-corrected chi connectivity index (χ0v) is 9.03. The molecule has 2 N–H and O–H groups in total. The summed E-state index contributed by atoms with van der Waals surface area (Å²) in [5, 5.41) is 20.0. The minimum atomic E-state index is -0.122. The first-order valence-corrected chi connectivity index (χ1v) is 5.84. The van der Waals surface area contributed by atoms with Gasteiger partial charge in [0.15, 0.2) is 0 Å². The third-order valence-corrected chi connectivity index (χ3v) is 5.96. The smallest absolute Gasteiger partial charge is 0.0604 e. The lowest BCUT2D eigenvalue weighted by atomic mass is 9.57. The molecule has 3 saturated carbocycles. The van der Waals surface area contributed by atoms with E-state index in [9.17, 15) is 10.2 Å². The molecule has 2 heteroatoms. The summed E-state index contributed by atoms with van der Waals surface area (Å²) in [6.07, 6.45) is 3.79. The standard InChI is InChI=1S/C12H20O2/c1-11-6-9(13)4-8-3-7(11)5-10(14)12(8,11)2/h7-10,13-14H,3-6H2,1-2H3/t7-,8-,9+,10-,11+,12+/m1/s1. The fourth-order valence-corrected chi connectivity index (χ4v) is 4.91. The molecule has 0 spiro atoms. The van der Waals surface area contributed by atoms with Gasteiger partial charge in [-0.3, -0.25) is 0 Å². The third-order valence-electron chi connectivity index (χ3n) is 5.96. The number of aliphatic hydroxyl groups excluding tert-OH is 2. The molecule has 0 heterocycles. The Bertz CT molecular complexity index is 277. The van der Waals surface area contributed by atoms with Crippen molar-refractivity contribution in [1.29, 1.82) is 0 Å². The van der Waals surface area contributed by atoms with Gasteiger partial charge in [0.2, 0.25) is 0 Å². The Morgan fingerprint density at radius 1 is 1.00 bits per heavy atom. The molecule has 3 aliphatic carbocycles. The highest BCUT2D eigenvalue weighted by molar-refractivity contribution is 5.18. The quantitative estimate of drug-likeness (QED) is 0.617. The van der Waals surface area contributed by atoms with Gasteiger partial charge in [0.1, 0.15) is 0 Å². The van der Waals surface area contributed by atoms with Crippen LogP contribution in [0.1, 0.15) is 39.5 Å². The van der Waals surface area contributed by atoms with Gasteiger partial charge in [-0.2, -0.15) is 0 Å². The van der Waals surface area contributed by atoms with E-state index in [1.165, 1.54) is 6.42 Å². The van der Waals surface area contributed by atoms with Gasteiger partial charge in [-0.15, -0.1) is 0 Å². The summed E-state index contributed by atoms with van der Waals surface area (Å²) in [6, 6.07) is 0. The summed E-state index contributed by atoms with van der Waals surface area (Å²) < 4.78 is 0. The first-order chi connectivity index (χ1) is 6.48. The molecule has 3 fully saturated rings. The average molecular weight is 196 g/mol. The Labute approximate surface area is 85.3 Å². The van der Waals surface area contributed by atoms with Crippen LogP contribution in [0.4, 0.5) is 0 Å². The fourth-order valence-electron chi connectivity index (χ4n) is 4.91. The fraction of sp³-hybridized carbons (Fsp3) is 1.00. The molecule has 14 heavy (non-hydrogen) atoms. The molecule has 80 valence electrons. The van der Waals surface area contributed by atoms with Gasteiger partial charge >= 0.3 is 0 Å². The number of hydrogen-bond acceptors (Lipinski definition) is 2. The van der Waals surface area contributed by atoms with Crippen molar-refractivity contribution in [2.45, 2.75) is 51.7 Å². The predicted molar refractivity (Wildman–Crippen MR) is 53.7 cm³/mol. The first-order valence-electron chi connectivity index (χ1n) is 5.84. The first kappa shape index (κ1) is 9.17. The Morgan fingerprint density at radius 3 is 2.36 bits per heavy atom. The van der Waals surface area contributed by atoms with Crippen molar-refractivity contribution in [2.24, 2.45) is 22.7 Å². The SMILES string of the molecule is C[C@@]12[C@H]3C[C@H](O)C[C@@]1(C)[C@H](C3)C[C@H]2O. The van der Waals surface area contributed by atoms with Gasteiger partial charge in [-0.05, 0) is 42.9 Å². The van der Waals surface area contributed by atoms with E-state index in [0.717, 1.165) is 19.3 Å². The Kier molecular flexibility index (Phi) is 1.54. The molecule has 0 aromatic heterocycles. The monoisotopic (exact) mass is 196 g/mol. The molecular weight excluding hydrogens is 176 g/mol. The van der Waals surface area contributed by atoms with Gasteiger partial charge in [0.05, 0.1) is 12.2 Å². The molecule has 6 atom stereocenters. The van der Waals surface area contributed by atoms with Crippen LogP contribution in [-0.2, 0) is 0 Å². The summed E-state index contributed by atoms with van der Waals surface area (Å²) in [7, 11) is 0. The topological polar surface area (TPSA) is 40.5 Å². The predicted octanol–water partition coefficient (Wildman–Crippen LogP) is 1.55. The molecule has 0 aromatic carbocycles. The molecule has 3 rings (SSSR count). The molecule has 0 radical (unpaired) electrons. The van der Waals surface area contributed by atoms with E-state index in [1.54, 1.807) is 0 Å². The van der Waals surface area contributed by atoms with Crippen LogP contribution in [0.25, 0.3) is 0 Å². The van der Waals surface area contributed by atoms with E-state index in [4.69, 9.17) is 0 Å². The van der Waals surface area contributed by atoms with Gasteiger partial charge in [-0.1, -0.05) is 13.8 Å². The number of rotatable bonds is 0. The molecule has 3 aliphatic rings. The zero-order valence-electron chi connectivity index (χ0n) is 9.03. The maximum atomic E-state index is 10.2.